The molecule has 0 heterocycles. The van der Waals surface area contributed by atoms with Crippen molar-refractivity contribution in [2.75, 3.05) is 20.1 Å². The van der Waals surface area contributed by atoms with E-state index in [2.05, 4.69) is 21.5 Å². The van der Waals surface area contributed by atoms with Gasteiger partial charge in [0.1, 0.15) is 0 Å². The summed E-state index contributed by atoms with van der Waals surface area (Å²) in [6.45, 7) is 0.870. The minimum atomic E-state index is -4.32. The number of alkyl halides is 3. The summed E-state index contributed by atoms with van der Waals surface area (Å²) in [4.78, 5) is 4.06. The molecule has 132 valence electrons. The fourth-order valence-electron chi connectivity index (χ4n) is 2.80. The Morgan fingerprint density at radius 2 is 2.04 bits per heavy atom. The number of terminal acetylenes is 1. The van der Waals surface area contributed by atoms with E-state index in [-0.39, 0.29) is 29.4 Å². The standard InChI is InChI=1S/C17H20F3N3.HI/c1-3-10-22-15(21-2)23-12-16(8-5-9-16)13-6-4-7-14(11-13)17(18,19)20;/h1,4,6-7,11H,5,8-10,12H2,2H3,(H2,21,22,23);1H. The van der Waals surface area contributed by atoms with Gasteiger partial charge in [-0.1, -0.05) is 30.5 Å². The minimum Gasteiger partial charge on any atom is -0.355 e. The van der Waals surface area contributed by atoms with Crippen LogP contribution < -0.4 is 10.6 Å². The molecule has 2 rings (SSSR count). The lowest BCUT2D eigenvalue weighted by atomic mass is 9.64. The summed E-state index contributed by atoms with van der Waals surface area (Å²) in [5.41, 5.74) is -0.163. The second kappa shape index (κ2) is 8.60. The molecule has 1 aliphatic rings. The van der Waals surface area contributed by atoms with Crippen LogP contribution in [0.3, 0.4) is 0 Å². The summed E-state index contributed by atoms with van der Waals surface area (Å²) in [6.07, 6.45) is 3.59. The van der Waals surface area contributed by atoms with Gasteiger partial charge in [0.25, 0.3) is 0 Å². The van der Waals surface area contributed by atoms with E-state index in [1.165, 1.54) is 12.1 Å². The highest BCUT2D eigenvalue weighted by Crippen LogP contribution is 2.44. The Hall–Kier alpha value is -1.43. The first kappa shape index (κ1) is 20.6. The molecule has 3 nitrogen and oxygen atoms in total. The summed E-state index contributed by atoms with van der Waals surface area (Å²) in [7, 11) is 1.63. The molecule has 7 heteroatoms. The van der Waals surface area contributed by atoms with Crippen molar-refractivity contribution in [1.29, 1.82) is 0 Å². The normalized spacial score (nSPS) is 16.4. The van der Waals surface area contributed by atoms with Crippen molar-refractivity contribution in [3.8, 4) is 12.3 Å². The van der Waals surface area contributed by atoms with Gasteiger partial charge in [0.15, 0.2) is 5.96 Å². The predicted octanol–water partition coefficient (Wildman–Crippen LogP) is 3.54. The quantitative estimate of drug-likeness (QED) is 0.318. The molecule has 0 spiro atoms. The van der Waals surface area contributed by atoms with Gasteiger partial charge < -0.3 is 10.6 Å². The number of hydrogen-bond donors (Lipinski definition) is 2. The Bertz CT molecular complexity index is 616. The van der Waals surface area contributed by atoms with Gasteiger partial charge in [0.2, 0.25) is 0 Å². The zero-order valence-electron chi connectivity index (χ0n) is 13.4. The van der Waals surface area contributed by atoms with E-state index in [1.807, 2.05) is 0 Å². The highest BCUT2D eigenvalue weighted by atomic mass is 127. The fourth-order valence-corrected chi connectivity index (χ4v) is 2.80. The third-order valence-electron chi connectivity index (χ3n) is 4.29. The van der Waals surface area contributed by atoms with Gasteiger partial charge in [-0.15, -0.1) is 30.4 Å². The third kappa shape index (κ3) is 4.79. The van der Waals surface area contributed by atoms with Crippen LogP contribution in [-0.4, -0.2) is 26.1 Å². The fraction of sp³-hybridized carbons (Fsp3) is 0.471. The van der Waals surface area contributed by atoms with Crippen LogP contribution >= 0.6 is 24.0 Å². The van der Waals surface area contributed by atoms with Gasteiger partial charge in [-0.3, -0.25) is 4.99 Å². The second-order valence-electron chi connectivity index (χ2n) is 5.70. The molecule has 1 fully saturated rings. The molecule has 0 aliphatic heterocycles. The van der Waals surface area contributed by atoms with Gasteiger partial charge in [0, 0.05) is 19.0 Å². The molecule has 0 saturated heterocycles. The number of nitrogens with one attached hydrogen (secondary N) is 2. The Morgan fingerprint density at radius 1 is 1.33 bits per heavy atom. The molecule has 1 saturated carbocycles. The SMILES string of the molecule is C#CCNC(=NC)NCC1(c2cccc(C(F)(F)F)c2)CCC1.I. The summed E-state index contributed by atoms with van der Waals surface area (Å²) < 4.78 is 38.8. The largest absolute Gasteiger partial charge is 0.416 e. The third-order valence-corrected chi connectivity index (χ3v) is 4.29. The Kier molecular flexibility index (Phi) is 7.39. The Morgan fingerprint density at radius 3 is 2.54 bits per heavy atom. The van der Waals surface area contributed by atoms with Crippen molar-refractivity contribution >= 4 is 29.9 Å². The number of rotatable bonds is 4. The Labute approximate surface area is 157 Å². The van der Waals surface area contributed by atoms with Crippen LogP contribution in [0.25, 0.3) is 0 Å². The van der Waals surface area contributed by atoms with Crippen LogP contribution in [0.1, 0.15) is 30.4 Å². The molecule has 24 heavy (non-hydrogen) atoms. The molecular formula is C17H21F3IN3. The molecule has 2 N–H and O–H groups in total. The van der Waals surface area contributed by atoms with Crippen LogP contribution in [0.4, 0.5) is 13.2 Å². The van der Waals surface area contributed by atoms with E-state index in [9.17, 15) is 13.2 Å². The predicted molar refractivity (Wildman–Crippen MR) is 101 cm³/mol. The van der Waals surface area contributed by atoms with Crippen molar-refractivity contribution in [2.24, 2.45) is 4.99 Å². The zero-order chi connectivity index (χ0) is 16.9. The number of halogens is 4. The smallest absolute Gasteiger partial charge is 0.355 e. The highest BCUT2D eigenvalue weighted by molar-refractivity contribution is 14.0. The summed E-state index contributed by atoms with van der Waals surface area (Å²) in [6, 6.07) is 5.62. The number of hydrogen-bond acceptors (Lipinski definition) is 1. The minimum absolute atomic E-state index is 0. The average Bonchev–Trinajstić information content (AvgIpc) is 2.48. The molecule has 1 aliphatic carbocycles. The van der Waals surface area contributed by atoms with Gasteiger partial charge >= 0.3 is 6.18 Å². The lowest BCUT2D eigenvalue weighted by Gasteiger charge is -2.43. The van der Waals surface area contributed by atoms with Crippen LogP contribution in [-0.2, 0) is 11.6 Å². The van der Waals surface area contributed by atoms with Crippen LogP contribution in [0.5, 0.6) is 0 Å². The van der Waals surface area contributed by atoms with Crippen molar-refractivity contribution in [3.05, 3.63) is 35.4 Å². The van der Waals surface area contributed by atoms with Gasteiger partial charge in [-0.2, -0.15) is 13.2 Å². The summed E-state index contributed by atoms with van der Waals surface area (Å²) in [5.74, 6) is 3.01. The molecule has 0 aromatic heterocycles. The molecule has 0 unspecified atom stereocenters. The second-order valence-corrected chi connectivity index (χ2v) is 5.70. The van der Waals surface area contributed by atoms with Crippen molar-refractivity contribution < 1.29 is 13.2 Å². The maximum atomic E-state index is 12.9. The van der Waals surface area contributed by atoms with Crippen LogP contribution in [0.15, 0.2) is 29.3 Å². The molecule has 0 radical (unpaired) electrons. The van der Waals surface area contributed by atoms with E-state index in [4.69, 9.17) is 6.42 Å². The topological polar surface area (TPSA) is 36.4 Å². The monoisotopic (exact) mass is 451 g/mol. The van der Waals surface area contributed by atoms with Crippen molar-refractivity contribution in [2.45, 2.75) is 30.9 Å². The van der Waals surface area contributed by atoms with Crippen LogP contribution in [0.2, 0.25) is 0 Å². The number of benzene rings is 1. The maximum absolute atomic E-state index is 12.9. The van der Waals surface area contributed by atoms with E-state index in [1.54, 1.807) is 13.1 Å². The van der Waals surface area contributed by atoms with Crippen LogP contribution in [0, 0.1) is 12.3 Å². The summed E-state index contributed by atoms with van der Waals surface area (Å²) >= 11 is 0. The molecule has 0 amide bonds. The van der Waals surface area contributed by atoms with Gasteiger partial charge in [0.05, 0.1) is 12.1 Å². The zero-order valence-corrected chi connectivity index (χ0v) is 15.7. The first-order chi connectivity index (χ1) is 10.9. The van der Waals surface area contributed by atoms with E-state index in [0.717, 1.165) is 30.9 Å². The maximum Gasteiger partial charge on any atom is 0.416 e. The van der Waals surface area contributed by atoms with E-state index < -0.39 is 11.7 Å². The number of guanidine groups is 1. The first-order valence-corrected chi connectivity index (χ1v) is 7.47. The lowest BCUT2D eigenvalue weighted by Crippen LogP contribution is -2.49. The first-order valence-electron chi connectivity index (χ1n) is 7.47. The highest BCUT2D eigenvalue weighted by Gasteiger charge is 2.40. The van der Waals surface area contributed by atoms with E-state index >= 15 is 0 Å². The Balaban J connectivity index is 0.00000288. The molecule has 1 aromatic rings. The molecule has 1 aromatic carbocycles. The van der Waals surface area contributed by atoms with Crippen molar-refractivity contribution in [3.63, 3.8) is 0 Å². The van der Waals surface area contributed by atoms with Gasteiger partial charge in [-0.25, -0.2) is 0 Å². The molecular weight excluding hydrogens is 430 g/mol. The average molecular weight is 451 g/mol. The lowest BCUT2D eigenvalue weighted by molar-refractivity contribution is -0.137. The molecule has 0 atom stereocenters. The number of nitrogens with zero attached hydrogens (tertiary/aromatic N) is 1. The molecule has 0 bridgehead atoms. The number of aliphatic imine (C=N–C) groups is 1. The summed E-state index contributed by atoms with van der Waals surface area (Å²) in [5, 5.41) is 6.12. The van der Waals surface area contributed by atoms with E-state index in [0.29, 0.717) is 19.0 Å². The van der Waals surface area contributed by atoms with Crippen molar-refractivity contribution in [1.82, 2.24) is 10.6 Å². The van der Waals surface area contributed by atoms with Gasteiger partial charge in [-0.05, 0) is 24.5 Å².